The van der Waals surface area contributed by atoms with E-state index in [2.05, 4.69) is 26.1 Å². The molecule has 0 aliphatic rings. The summed E-state index contributed by atoms with van der Waals surface area (Å²) in [6.07, 6.45) is 18.3. The Morgan fingerprint density at radius 2 is 1.14 bits per heavy atom. The molecule has 0 unspecified atom stereocenters. The summed E-state index contributed by atoms with van der Waals surface area (Å²) in [5.74, 6) is 0.785. The summed E-state index contributed by atoms with van der Waals surface area (Å²) in [4.78, 5) is 11.5. The van der Waals surface area contributed by atoms with E-state index in [-0.39, 0.29) is 5.91 Å². The van der Waals surface area contributed by atoms with Crippen molar-refractivity contribution in [3.63, 3.8) is 0 Å². The van der Waals surface area contributed by atoms with E-state index in [4.69, 9.17) is 0 Å². The Morgan fingerprint density at radius 1 is 0.727 bits per heavy atom. The maximum atomic E-state index is 11.5. The topological polar surface area (TPSA) is 29.1 Å². The molecule has 0 radical (unpaired) electrons. The molecule has 1 amide bonds. The molecular weight excluding hydrogens is 270 g/mol. The average Bonchev–Trinajstić information content (AvgIpc) is 2.49. The molecule has 0 saturated heterocycles. The standard InChI is InChI=1S/C20H41NO/c1-4-5-6-7-8-9-10-11-12-13-14-15-16-17-20(22)21-18-19(2)3/h19H,4-18H2,1-3H3,(H,21,22). The van der Waals surface area contributed by atoms with Crippen LogP contribution in [0.3, 0.4) is 0 Å². The summed E-state index contributed by atoms with van der Waals surface area (Å²) >= 11 is 0. The van der Waals surface area contributed by atoms with E-state index in [9.17, 15) is 4.79 Å². The lowest BCUT2D eigenvalue weighted by Crippen LogP contribution is -2.26. The molecule has 0 bridgehead atoms. The lowest BCUT2D eigenvalue weighted by Gasteiger charge is -2.07. The van der Waals surface area contributed by atoms with Crippen molar-refractivity contribution in [2.45, 2.75) is 111 Å². The van der Waals surface area contributed by atoms with Crippen LogP contribution in [0, 0.1) is 5.92 Å². The van der Waals surface area contributed by atoms with E-state index < -0.39 is 0 Å². The van der Waals surface area contributed by atoms with E-state index in [1.54, 1.807) is 0 Å². The second-order valence-electron chi connectivity index (χ2n) is 7.19. The van der Waals surface area contributed by atoms with Crippen molar-refractivity contribution in [3.05, 3.63) is 0 Å². The molecular formula is C20H41NO. The first-order valence-electron chi connectivity index (χ1n) is 9.93. The fraction of sp³-hybridized carbons (Fsp3) is 0.950. The van der Waals surface area contributed by atoms with Crippen LogP contribution in [0.5, 0.6) is 0 Å². The molecule has 0 aromatic carbocycles. The summed E-state index contributed by atoms with van der Waals surface area (Å²) in [6, 6.07) is 0. The Labute approximate surface area is 139 Å². The van der Waals surface area contributed by atoms with Gasteiger partial charge in [-0.2, -0.15) is 0 Å². The first kappa shape index (κ1) is 21.5. The van der Waals surface area contributed by atoms with Gasteiger partial charge in [-0.05, 0) is 12.3 Å². The van der Waals surface area contributed by atoms with Crippen molar-refractivity contribution >= 4 is 5.91 Å². The van der Waals surface area contributed by atoms with Crippen LogP contribution in [-0.4, -0.2) is 12.5 Å². The van der Waals surface area contributed by atoms with E-state index >= 15 is 0 Å². The molecule has 0 aromatic rings. The van der Waals surface area contributed by atoms with Crippen LogP contribution in [0.25, 0.3) is 0 Å². The zero-order valence-corrected chi connectivity index (χ0v) is 15.6. The predicted molar refractivity (Wildman–Crippen MR) is 98.2 cm³/mol. The van der Waals surface area contributed by atoms with Gasteiger partial charge in [0, 0.05) is 13.0 Å². The summed E-state index contributed by atoms with van der Waals surface area (Å²) < 4.78 is 0. The Hall–Kier alpha value is -0.530. The maximum Gasteiger partial charge on any atom is 0.220 e. The van der Waals surface area contributed by atoms with Crippen molar-refractivity contribution in [3.8, 4) is 0 Å². The number of hydrogen-bond acceptors (Lipinski definition) is 1. The van der Waals surface area contributed by atoms with Crippen LogP contribution in [0.1, 0.15) is 111 Å². The highest BCUT2D eigenvalue weighted by Gasteiger charge is 2.01. The van der Waals surface area contributed by atoms with Gasteiger partial charge in [-0.15, -0.1) is 0 Å². The minimum absolute atomic E-state index is 0.233. The van der Waals surface area contributed by atoms with Crippen molar-refractivity contribution in [2.75, 3.05) is 6.54 Å². The molecule has 0 aliphatic heterocycles. The van der Waals surface area contributed by atoms with Crippen LogP contribution in [-0.2, 0) is 4.79 Å². The predicted octanol–water partition coefficient (Wildman–Crippen LogP) is 6.24. The third-order valence-electron chi connectivity index (χ3n) is 4.21. The Kier molecular flexibility index (Phi) is 16.4. The van der Waals surface area contributed by atoms with Crippen molar-refractivity contribution in [1.29, 1.82) is 0 Å². The Balaban J connectivity index is 3.09. The van der Waals surface area contributed by atoms with Gasteiger partial charge in [0.1, 0.15) is 0 Å². The number of carbonyl (C=O) groups is 1. The highest BCUT2D eigenvalue weighted by atomic mass is 16.1. The normalized spacial score (nSPS) is 11.1. The van der Waals surface area contributed by atoms with Crippen LogP contribution in [0.15, 0.2) is 0 Å². The molecule has 0 rings (SSSR count). The van der Waals surface area contributed by atoms with Crippen LogP contribution in [0.2, 0.25) is 0 Å². The summed E-state index contributed by atoms with van der Waals surface area (Å²) in [6.45, 7) is 7.35. The molecule has 2 nitrogen and oxygen atoms in total. The third kappa shape index (κ3) is 17.5. The number of amides is 1. The van der Waals surface area contributed by atoms with E-state index in [0.717, 1.165) is 13.0 Å². The van der Waals surface area contributed by atoms with E-state index in [1.165, 1.54) is 77.0 Å². The quantitative estimate of drug-likeness (QED) is 0.336. The van der Waals surface area contributed by atoms with Crippen LogP contribution < -0.4 is 5.32 Å². The lowest BCUT2D eigenvalue weighted by molar-refractivity contribution is -0.121. The van der Waals surface area contributed by atoms with Gasteiger partial charge in [0.2, 0.25) is 5.91 Å². The molecule has 0 fully saturated rings. The van der Waals surface area contributed by atoms with Gasteiger partial charge in [0.05, 0.1) is 0 Å². The first-order chi connectivity index (χ1) is 10.7. The van der Waals surface area contributed by atoms with Gasteiger partial charge in [0.25, 0.3) is 0 Å². The highest BCUT2D eigenvalue weighted by Crippen LogP contribution is 2.12. The van der Waals surface area contributed by atoms with Crippen LogP contribution >= 0.6 is 0 Å². The third-order valence-corrected chi connectivity index (χ3v) is 4.21. The molecule has 0 aliphatic carbocycles. The second kappa shape index (κ2) is 16.8. The van der Waals surface area contributed by atoms with Gasteiger partial charge < -0.3 is 5.32 Å². The number of hydrogen-bond donors (Lipinski definition) is 1. The minimum atomic E-state index is 0.233. The van der Waals surface area contributed by atoms with Gasteiger partial charge in [-0.1, -0.05) is 97.8 Å². The zero-order valence-electron chi connectivity index (χ0n) is 15.6. The SMILES string of the molecule is CCCCCCCCCCCCCCCC(=O)NCC(C)C. The number of nitrogens with one attached hydrogen (secondary N) is 1. The molecule has 0 atom stereocenters. The lowest BCUT2D eigenvalue weighted by atomic mass is 10.0. The Morgan fingerprint density at radius 3 is 1.55 bits per heavy atom. The van der Waals surface area contributed by atoms with Gasteiger partial charge in [0.15, 0.2) is 0 Å². The van der Waals surface area contributed by atoms with Crippen LogP contribution in [0.4, 0.5) is 0 Å². The van der Waals surface area contributed by atoms with Crippen molar-refractivity contribution < 1.29 is 4.79 Å². The molecule has 0 heterocycles. The largest absolute Gasteiger partial charge is 0.356 e. The zero-order chi connectivity index (χ0) is 16.5. The molecule has 0 saturated carbocycles. The van der Waals surface area contributed by atoms with Gasteiger partial charge in [-0.3, -0.25) is 4.79 Å². The van der Waals surface area contributed by atoms with Crippen molar-refractivity contribution in [1.82, 2.24) is 5.32 Å². The number of unbranched alkanes of at least 4 members (excludes halogenated alkanes) is 12. The Bertz CT molecular complexity index is 238. The molecule has 22 heavy (non-hydrogen) atoms. The molecule has 2 heteroatoms. The monoisotopic (exact) mass is 311 g/mol. The number of rotatable bonds is 16. The first-order valence-corrected chi connectivity index (χ1v) is 9.93. The van der Waals surface area contributed by atoms with Gasteiger partial charge >= 0.3 is 0 Å². The minimum Gasteiger partial charge on any atom is -0.356 e. The van der Waals surface area contributed by atoms with Crippen molar-refractivity contribution in [2.24, 2.45) is 5.92 Å². The average molecular weight is 312 g/mol. The molecule has 132 valence electrons. The molecule has 0 spiro atoms. The maximum absolute atomic E-state index is 11.5. The smallest absolute Gasteiger partial charge is 0.220 e. The molecule has 0 aromatic heterocycles. The fourth-order valence-electron chi connectivity index (χ4n) is 2.71. The fourth-order valence-corrected chi connectivity index (χ4v) is 2.71. The highest BCUT2D eigenvalue weighted by molar-refractivity contribution is 5.75. The van der Waals surface area contributed by atoms with E-state index in [0.29, 0.717) is 12.3 Å². The van der Waals surface area contributed by atoms with Gasteiger partial charge in [-0.25, -0.2) is 0 Å². The van der Waals surface area contributed by atoms with E-state index in [1.807, 2.05) is 0 Å². The summed E-state index contributed by atoms with van der Waals surface area (Å²) in [5, 5.41) is 2.99. The second-order valence-corrected chi connectivity index (χ2v) is 7.19. The summed E-state index contributed by atoms with van der Waals surface area (Å²) in [7, 11) is 0. The molecule has 1 N–H and O–H groups in total. The number of carbonyl (C=O) groups excluding carboxylic acids is 1. The summed E-state index contributed by atoms with van der Waals surface area (Å²) in [5.41, 5.74) is 0.